The molecule has 0 saturated carbocycles. The Balaban J connectivity index is 2.97. The minimum atomic E-state index is -4.25. The minimum absolute atomic E-state index is 0.148. The zero-order chi connectivity index (χ0) is 12.3. The number of alkyl halides is 4. The first-order valence-electron chi connectivity index (χ1n) is 4.46. The van der Waals surface area contributed by atoms with Crippen molar-refractivity contribution >= 4 is 28.9 Å². The van der Waals surface area contributed by atoms with Crippen molar-refractivity contribution in [1.29, 1.82) is 0 Å². The summed E-state index contributed by atoms with van der Waals surface area (Å²) in [6.45, 7) is -1.03. The van der Waals surface area contributed by atoms with Crippen LogP contribution in [0.1, 0.15) is 5.56 Å². The molecule has 16 heavy (non-hydrogen) atoms. The lowest BCUT2D eigenvalue weighted by Gasteiger charge is -2.23. The first-order chi connectivity index (χ1) is 7.33. The molecule has 1 aromatic carbocycles. The summed E-state index contributed by atoms with van der Waals surface area (Å²) in [5.41, 5.74) is 1.03. The van der Waals surface area contributed by atoms with Gasteiger partial charge in [-0.15, -0.1) is 11.6 Å². The van der Waals surface area contributed by atoms with Crippen molar-refractivity contribution < 1.29 is 13.2 Å². The summed E-state index contributed by atoms with van der Waals surface area (Å²) in [6.07, 6.45) is -4.25. The molecule has 6 heteroatoms. The average Bonchev–Trinajstić information content (AvgIpc) is 2.15. The number of benzene rings is 1. The normalized spacial score (nSPS) is 11.6. The van der Waals surface area contributed by atoms with Gasteiger partial charge in [-0.2, -0.15) is 13.2 Å². The van der Waals surface area contributed by atoms with Gasteiger partial charge in [-0.05, 0) is 17.7 Å². The van der Waals surface area contributed by atoms with E-state index in [9.17, 15) is 13.2 Å². The van der Waals surface area contributed by atoms with Crippen LogP contribution < -0.4 is 4.90 Å². The molecule has 0 heterocycles. The number of anilines is 1. The van der Waals surface area contributed by atoms with Crippen LogP contribution in [0.2, 0.25) is 5.02 Å². The van der Waals surface area contributed by atoms with Crippen molar-refractivity contribution in [2.75, 3.05) is 18.5 Å². The second kappa shape index (κ2) is 5.15. The Morgan fingerprint density at radius 1 is 1.31 bits per heavy atom. The van der Waals surface area contributed by atoms with Gasteiger partial charge >= 0.3 is 6.18 Å². The summed E-state index contributed by atoms with van der Waals surface area (Å²) in [7, 11) is 1.36. The van der Waals surface area contributed by atoms with Gasteiger partial charge in [0.1, 0.15) is 6.54 Å². The standard InChI is InChI=1S/C10H10Cl2F3N/c1-16(6-10(13,14)15)9-4-8(12)3-2-7(9)5-11/h2-4H,5-6H2,1H3. The highest BCUT2D eigenvalue weighted by Crippen LogP contribution is 2.28. The monoisotopic (exact) mass is 271 g/mol. The molecule has 0 aromatic heterocycles. The largest absolute Gasteiger partial charge is 0.405 e. The molecule has 1 aromatic rings. The first kappa shape index (κ1) is 13.5. The molecule has 1 rings (SSSR count). The van der Waals surface area contributed by atoms with Crippen molar-refractivity contribution in [3.63, 3.8) is 0 Å². The Kier molecular flexibility index (Phi) is 4.33. The van der Waals surface area contributed by atoms with Crippen molar-refractivity contribution in [3.8, 4) is 0 Å². The van der Waals surface area contributed by atoms with Crippen molar-refractivity contribution in [2.24, 2.45) is 0 Å². The second-order valence-electron chi connectivity index (χ2n) is 3.38. The molecule has 0 fully saturated rings. The summed E-state index contributed by atoms with van der Waals surface area (Å²) in [5, 5.41) is 0.387. The molecule has 1 nitrogen and oxygen atoms in total. The van der Waals surface area contributed by atoms with Gasteiger partial charge in [0.05, 0.1) is 0 Å². The van der Waals surface area contributed by atoms with E-state index < -0.39 is 12.7 Å². The molecular weight excluding hydrogens is 262 g/mol. The van der Waals surface area contributed by atoms with Gasteiger partial charge in [-0.3, -0.25) is 0 Å². The predicted molar refractivity (Wildman–Crippen MR) is 60.3 cm³/mol. The van der Waals surface area contributed by atoms with Gasteiger partial charge in [-0.25, -0.2) is 0 Å². The highest BCUT2D eigenvalue weighted by atomic mass is 35.5. The molecule has 0 amide bonds. The van der Waals surface area contributed by atoms with Gasteiger partial charge < -0.3 is 4.90 Å². The quantitative estimate of drug-likeness (QED) is 0.749. The SMILES string of the molecule is CN(CC(F)(F)F)c1cc(Cl)ccc1CCl. The van der Waals surface area contributed by atoms with Gasteiger partial charge in [0, 0.05) is 23.6 Å². The smallest absolute Gasteiger partial charge is 0.365 e. The lowest BCUT2D eigenvalue weighted by molar-refractivity contribution is -0.119. The van der Waals surface area contributed by atoms with E-state index in [0.29, 0.717) is 16.3 Å². The highest BCUT2D eigenvalue weighted by Gasteiger charge is 2.30. The third-order valence-electron chi connectivity index (χ3n) is 2.02. The molecular formula is C10H10Cl2F3N. The minimum Gasteiger partial charge on any atom is -0.365 e. The van der Waals surface area contributed by atoms with Crippen molar-refractivity contribution in [3.05, 3.63) is 28.8 Å². The van der Waals surface area contributed by atoms with E-state index in [1.165, 1.54) is 13.1 Å². The molecule has 0 unspecified atom stereocenters. The van der Waals surface area contributed by atoms with E-state index in [2.05, 4.69) is 0 Å². The molecule has 0 spiro atoms. The Bertz CT molecular complexity index is 366. The number of halogens is 5. The number of hydrogen-bond acceptors (Lipinski definition) is 1. The van der Waals surface area contributed by atoms with E-state index in [1.807, 2.05) is 0 Å². The van der Waals surface area contributed by atoms with E-state index in [1.54, 1.807) is 12.1 Å². The van der Waals surface area contributed by atoms with Crippen LogP contribution in [-0.4, -0.2) is 19.8 Å². The molecule has 90 valence electrons. The summed E-state index contributed by atoms with van der Waals surface area (Å²) < 4.78 is 36.7. The molecule has 0 N–H and O–H groups in total. The van der Waals surface area contributed by atoms with Crippen LogP contribution in [-0.2, 0) is 5.88 Å². The highest BCUT2D eigenvalue weighted by molar-refractivity contribution is 6.31. The molecule has 0 saturated heterocycles. The van der Waals surface area contributed by atoms with Gasteiger partial charge in [0.25, 0.3) is 0 Å². The maximum atomic E-state index is 12.2. The average molecular weight is 272 g/mol. The van der Waals surface area contributed by atoms with E-state index in [0.717, 1.165) is 4.90 Å². The van der Waals surface area contributed by atoms with E-state index >= 15 is 0 Å². The fourth-order valence-corrected chi connectivity index (χ4v) is 1.75. The topological polar surface area (TPSA) is 3.24 Å². The number of rotatable bonds is 3. The van der Waals surface area contributed by atoms with Gasteiger partial charge in [-0.1, -0.05) is 17.7 Å². The number of hydrogen-bond donors (Lipinski definition) is 0. The van der Waals surface area contributed by atoms with Crippen LogP contribution in [0.15, 0.2) is 18.2 Å². The lowest BCUT2D eigenvalue weighted by Crippen LogP contribution is -2.31. The summed E-state index contributed by atoms with van der Waals surface area (Å²) in [4.78, 5) is 1.09. The molecule has 0 aliphatic heterocycles. The fourth-order valence-electron chi connectivity index (χ4n) is 1.36. The first-order valence-corrected chi connectivity index (χ1v) is 5.37. The van der Waals surface area contributed by atoms with Crippen LogP contribution >= 0.6 is 23.2 Å². The zero-order valence-corrected chi connectivity index (χ0v) is 10.00. The zero-order valence-electron chi connectivity index (χ0n) is 8.48. The predicted octanol–water partition coefficient (Wildman–Crippen LogP) is 4.08. The Morgan fingerprint density at radius 3 is 2.44 bits per heavy atom. The summed E-state index contributed by atoms with van der Waals surface area (Å²) >= 11 is 11.4. The summed E-state index contributed by atoms with van der Waals surface area (Å²) in [5.74, 6) is 0.148. The molecule has 0 bridgehead atoms. The molecule has 0 aliphatic carbocycles. The van der Waals surface area contributed by atoms with Crippen molar-refractivity contribution in [2.45, 2.75) is 12.1 Å². The van der Waals surface area contributed by atoms with Gasteiger partial charge in [0.15, 0.2) is 0 Å². The molecule has 0 radical (unpaired) electrons. The maximum Gasteiger partial charge on any atom is 0.405 e. The Morgan fingerprint density at radius 2 is 1.94 bits per heavy atom. The Hall–Kier alpha value is -0.610. The van der Waals surface area contributed by atoms with Crippen LogP contribution in [0, 0.1) is 0 Å². The molecule has 0 aliphatic rings. The summed E-state index contributed by atoms with van der Waals surface area (Å²) in [6, 6.07) is 4.70. The second-order valence-corrected chi connectivity index (χ2v) is 4.08. The number of nitrogens with zero attached hydrogens (tertiary/aromatic N) is 1. The Labute approximate surface area is 102 Å². The third kappa shape index (κ3) is 3.76. The molecule has 0 atom stereocenters. The van der Waals surface area contributed by atoms with Crippen molar-refractivity contribution in [1.82, 2.24) is 0 Å². The van der Waals surface area contributed by atoms with Crippen LogP contribution in [0.25, 0.3) is 0 Å². The third-order valence-corrected chi connectivity index (χ3v) is 2.54. The lowest BCUT2D eigenvalue weighted by atomic mass is 10.2. The fraction of sp³-hybridized carbons (Fsp3) is 0.400. The van der Waals surface area contributed by atoms with Gasteiger partial charge in [0.2, 0.25) is 0 Å². The van der Waals surface area contributed by atoms with Crippen LogP contribution in [0.3, 0.4) is 0 Å². The van der Waals surface area contributed by atoms with Crippen LogP contribution in [0.4, 0.5) is 18.9 Å². The van der Waals surface area contributed by atoms with E-state index in [-0.39, 0.29) is 5.88 Å². The maximum absolute atomic E-state index is 12.2. The van der Waals surface area contributed by atoms with Crippen LogP contribution in [0.5, 0.6) is 0 Å². The van der Waals surface area contributed by atoms with E-state index in [4.69, 9.17) is 23.2 Å².